The minimum Gasteiger partial charge on any atom is -0.326 e. The van der Waals surface area contributed by atoms with Gasteiger partial charge in [-0.3, -0.25) is 9.88 Å². The minimum atomic E-state index is 0.157. The van der Waals surface area contributed by atoms with E-state index >= 15 is 0 Å². The third-order valence-corrected chi connectivity index (χ3v) is 4.19. The van der Waals surface area contributed by atoms with Crippen LogP contribution in [-0.2, 0) is 0 Å². The topological polar surface area (TPSA) is 42.2 Å². The first-order chi connectivity index (χ1) is 9.65. The summed E-state index contributed by atoms with van der Waals surface area (Å²) in [6.07, 6.45) is 8.38. The van der Waals surface area contributed by atoms with Crippen molar-refractivity contribution in [2.45, 2.75) is 71.5 Å². The number of pyridine rings is 1. The molecule has 0 saturated heterocycles. The number of hydrogen-bond acceptors (Lipinski definition) is 3. The van der Waals surface area contributed by atoms with Crippen LogP contribution in [-0.4, -0.2) is 28.5 Å². The fourth-order valence-electron chi connectivity index (χ4n) is 2.67. The molecule has 3 atom stereocenters. The summed E-state index contributed by atoms with van der Waals surface area (Å²) in [5.74, 6) is 0. The first kappa shape index (κ1) is 17.1. The Bertz CT molecular complexity index is 353. The van der Waals surface area contributed by atoms with E-state index in [-0.39, 0.29) is 12.1 Å². The Balaban J connectivity index is 3.04. The Morgan fingerprint density at radius 2 is 2.00 bits per heavy atom. The quantitative estimate of drug-likeness (QED) is 0.747. The van der Waals surface area contributed by atoms with E-state index in [0.717, 1.165) is 19.4 Å². The summed E-state index contributed by atoms with van der Waals surface area (Å²) in [4.78, 5) is 6.87. The van der Waals surface area contributed by atoms with Gasteiger partial charge < -0.3 is 5.73 Å². The summed E-state index contributed by atoms with van der Waals surface area (Å²) >= 11 is 0. The summed E-state index contributed by atoms with van der Waals surface area (Å²) in [6.45, 7) is 10.1. The van der Waals surface area contributed by atoms with Crippen LogP contribution in [0.2, 0.25) is 0 Å². The number of aromatic nitrogens is 1. The van der Waals surface area contributed by atoms with Crippen molar-refractivity contribution in [2.24, 2.45) is 5.73 Å². The van der Waals surface area contributed by atoms with Crippen LogP contribution in [0.3, 0.4) is 0 Å². The third-order valence-electron chi connectivity index (χ3n) is 4.19. The molecule has 0 aromatic carbocycles. The minimum absolute atomic E-state index is 0.157. The zero-order chi connectivity index (χ0) is 15.0. The van der Waals surface area contributed by atoms with Crippen molar-refractivity contribution < 1.29 is 0 Å². The van der Waals surface area contributed by atoms with Gasteiger partial charge in [-0.15, -0.1) is 0 Å². The van der Waals surface area contributed by atoms with Gasteiger partial charge in [0.05, 0.1) is 6.04 Å². The van der Waals surface area contributed by atoms with Crippen LogP contribution in [0.15, 0.2) is 24.5 Å². The van der Waals surface area contributed by atoms with Crippen LogP contribution in [0, 0.1) is 0 Å². The van der Waals surface area contributed by atoms with Gasteiger partial charge in [0.1, 0.15) is 0 Å². The monoisotopic (exact) mass is 277 g/mol. The molecule has 0 saturated carbocycles. The van der Waals surface area contributed by atoms with Gasteiger partial charge in [-0.25, -0.2) is 0 Å². The van der Waals surface area contributed by atoms with E-state index < -0.39 is 0 Å². The maximum atomic E-state index is 6.44. The molecule has 2 N–H and O–H groups in total. The van der Waals surface area contributed by atoms with Crippen molar-refractivity contribution in [3.05, 3.63) is 30.1 Å². The van der Waals surface area contributed by atoms with Gasteiger partial charge in [-0.05, 0) is 44.4 Å². The molecule has 1 heterocycles. The van der Waals surface area contributed by atoms with Crippen molar-refractivity contribution in [1.82, 2.24) is 9.88 Å². The van der Waals surface area contributed by atoms with Gasteiger partial charge in [0.15, 0.2) is 0 Å². The maximum absolute atomic E-state index is 6.44. The summed E-state index contributed by atoms with van der Waals surface area (Å²) in [7, 11) is 0. The molecule has 0 fully saturated rings. The average molecular weight is 277 g/mol. The second kappa shape index (κ2) is 9.09. The van der Waals surface area contributed by atoms with Gasteiger partial charge in [0.2, 0.25) is 0 Å². The van der Waals surface area contributed by atoms with Crippen molar-refractivity contribution >= 4 is 0 Å². The van der Waals surface area contributed by atoms with Crippen LogP contribution in [0.25, 0.3) is 0 Å². The molecule has 0 amide bonds. The van der Waals surface area contributed by atoms with Crippen LogP contribution in [0.1, 0.15) is 65.0 Å². The van der Waals surface area contributed by atoms with Crippen molar-refractivity contribution in [3.8, 4) is 0 Å². The predicted molar refractivity (Wildman–Crippen MR) is 86.6 cm³/mol. The highest BCUT2D eigenvalue weighted by molar-refractivity contribution is 5.16. The smallest absolute Gasteiger partial charge is 0.0517 e. The van der Waals surface area contributed by atoms with E-state index in [1.54, 1.807) is 0 Å². The summed E-state index contributed by atoms with van der Waals surface area (Å²) in [6, 6.07) is 5.15. The number of nitrogens with two attached hydrogens (primary N) is 1. The number of hydrogen-bond donors (Lipinski definition) is 1. The molecule has 0 aliphatic carbocycles. The fourth-order valence-corrected chi connectivity index (χ4v) is 2.67. The Morgan fingerprint density at radius 3 is 2.50 bits per heavy atom. The molecular formula is C17H31N3. The molecule has 3 nitrogen and oxygen atoms in total. The van der Waals surface area contributed by atoms with Crippen molar-refractivity contribution in [1.29, 1.82) is 0 Å². The molecule has 1 aromatic heterocycles. The average Bonchev–Trinajstić information content (AvgIpc) is 2.50. The standard InChI is InChI=1S/C17H31N3/c1-5-8-12-20(14(4)6-2)17(16(18)7-3)15-10-9-11-19-13-15/h9-11,13-14,16-17H,5-8,12,18H2,1-4H3. The second-order valence-electron chi connectivity index (χ2n) is 5.65. The van der Waals surface area contributed by atoms with E-state index in [2.05, 4.69) is 43.6 Å². The van der Waals surface area contributed by atoms with Crippen LogP contribution < -0.4 is 5.73 Å². The van der Waals surface area contributed by atoms with E-state index in [1.807, 2.05) is 18.5 Å². The van der Waals surface area contributed by atoms with Crippen LogP contribution in [0.4, 0.5) is 0 Å². The Morgan fingerprint density at radius 1 is 1.25 bits per heavy atom. The number of rotatable bonds is 9. The lowest BCUT2D eigenvalue weighted by atomic mass is 9.95. The second-order valence-corrected chi connectivity index (χ2v) is 5.65. The van der Waals surface area contributed by atoms with Crippen molar-refractivity contribution in [2.75, 3.05) is 6.54 Å². The Labute approximate surface area is 124 Å². The molecule has 20 heavy (non-hydrogen) atoms. The van der Waals surface area contributed by atoms with E-state index in [9.17, 15) is 0 Å². The van der Waals surface area contributed by atoms with E-state index in [4.69, 9.17) is 5.73 Å². The number of unbranched alkanes of at least 4 members (excludes halogenated alkanes) is 1. The molecule has 0 radical (unpaired) electrons. The highest BCUT2D eigenvalue weighted by Crippen LogP contribution is 2.28. The highest BCUT2D eigenvalue weighted by atomic mass is 15.2. The molecule has 1 aromatic rings. The van der Waals surface area contributed by atoms with E-state index in [0.29, 0.717) is 6.04 Å². The predicted octanol–water partition coefficient (Wildman–Crippen LogP) is 3.76. The SMILES string of the molecule is CCCCN(C(C)CC)C(c1cccnc1)C(N)CC. The molecule has 1 rings (SSSR count). The normalized spacial score (nSPS) is 16.1. The molecule has 3 heteroatoms. The molecule has 114 valence electrons. The van der Waals surface area contributed by atoms with Gasteiger partial charge in [-0.2, -0.15) is 0 Å². The zero-order valence-corrected chi connectivity index (χ0v) is 13.5. The van der Waals surface area contributed by atoms with Gasteiger partial charge in [0.25, 0.3) is 0 Å². The van der Waals surface area contributed by atoms with Crippen LogP contribution in [0.5, 0.6) is 0 Å². The van der Waals surface area contributed by atoms with Gasteiger partial charge >= 0.3 is 0 Å². The Hall–Kier alpha value is -0.930. The third kappa shape index (κ3) is 4.57. The van der Waals surface area contributed by atoms with Crippen LogP contribution >= 0.6 is 0 Å². The summed E-state index contributed by atoms with van der Waals surface area (Å²) in [5, 5.41) is 0. The van der Waals surface area contributed by atoms with Crippen molar-refractivity contribution in [3.63, 3.8) is 0 Å². The summed E-state index contributed by atoms with van der Waals surface area (Å²) < 4.78 is 0. The van der Waals surface area contributed by atoms with Gasteiger partial charge in [0, 0.05) is 24.5 Å². The maximum Gasteiger partial charge on any atom is 0.0517 e. The molecule has 3 unspecified atom stereocenters. The molecule has 0 spiro atoms. The highest BCUT2D eigenvalue weighted by Gasteiger charge is 2.28. The van der Waals surface area contributed by atoms with Gasteiger partial charge in [-0.1, -0.05) is 33.3 Å². The molecular weight excluding hydrogens is 246 g/mol. The lowest BCUT2D eigenvalue weighted by Gasteiger charge is -2.39. The molecule has 0 bridgehead atoms. The molecule has 0 aliphatic heterocycles. The first-order valence-corrected chi connectivity index (χ1v) is 8.06. The largest absolute Gasteiger partial charge is 0.326 e. The lowest BCUT2D eigenvalue weighted by Crippen LogP contribution is -2.45. The number of nitrogens with zero attached hydrogens (tertiary/aromatic N) is 2. The lowest BCUT2D eigenvalue weighted by molar-refractivity contribution is 0.116. The molecule has 0 aliphatic rings. The first-order valence-electron chi connectivity index (χ1n) is 8.06. The summed E-state index contributed by atoms with van der Waals surface area (Å²) in [5.41, 5.74) is 7.69. The van der Waals surface area contributed by atoms with E-state index in [1.165, 1.54) is 18.4 Å². The zero-order valence-electron chi connectivity index (χ0n) is 13.5. The Kier molecular flexibility index (Phi) is 7.78. The fraction of sp³-hybridized carbons (Fsp3) is 0.706.